The van der Waals surface area contributed by atoms with Gasteiger partial charge in [-0.05, 0) is 20.8 Å². The summed E-state index contributed by atoms with van der Waals surface area (Å²) in [5, 5.41) is 0. The van der Waals surface area contributed by atoms with E-state index in [1.54, 1.807) is 20.8 Å². The van der Waals surface area contributed by atoms with Gasteiger partial charge < -0.3 is 9.64 Å². The van der Waals surface area contributed by atoms with Gasteiger partial charge in [0.05, 0.1) is 6.54 Å². The van der Waals surface area contributed by atoms with E-state index >= 15 is 0 Å². The van der Waals surface area contributed by atoms with Crippen LogP contribution in [0, 0.1) is 0 Å². The molecule has 0 aliphatic heterocycles. The number of carbonyl (C=O) groups is 1. The largest absolute Gasteiger partial charge is 0.444 e. The summed E-state index contributed by atoms with van der Waals surface area (Å²) in [6.45, 7) is 4.85. The molecule has 0 saturated heterocycles. The Morgan fingerprint density at radius 2 is 2.00 bits per heavy atom. The molecule has 0 aromatic rings. The molecule has 0 radical (unpaired) electrons. The van der Waals surface area contributed by atoms with Gasteiger partial charge in [0.15, 0.2) is 0 Å². The zero-order valence-corrected chi connectivity index (χ0v) is 8.06. The van der Waals surface area contributed by atoms with E-state index in [9.17, 15) is 9.18 Å². The third-order valence-corrected chi connectivity index (χ3v) is 1.13. The van der Waals surface area contributed by atoms with Crippen LogP contribution in [0.15, 0.2) is 0 Å². The molecular weight excluding hydrogens is 161 g/mol. The predicted octanol–water partition coefficient (Wildman–Crippen LogP) is 1.82. The van der Waals surface area contributed by atoms with Crippen LogP contribution in [-0.4, -0.2) is 36.9 Å². The maximum absolute atomic E-state index is 11.8. The molecule has 0 aromatic carbocycles. The molecule has 4 heteroatoms. The molecule has 0 heterocycles. The summed E-state index contributed by atoms with van der Waals surface area (Å²) < 4.78 is 16.8. The molecule has 72 valence electrons. The molecule has 12 heavy (non-hydrogen) atoms. The van der Waals surface area contributed by atoms with Crippen LogP contribution in [0.2, 0.25) is 0 Å². The Hall–Kier alpha value is -0.800. The minimum Gasteiger partial charge on any atom is -0.444 e. The first-order valence-corrected chi connectivity index (χ1v) is 3.87. The monoisotopic (exact) mass is 177 g/mol. The Morgan fingerprint density at radius 1 is 1.50 bits per heavy atom. The number of nitrogens with zero attached hydrogens (tertiary/aromatic N) is 1. The first-order valence-electron chi connectivity index (χ1n) is 3.87. The minimum absolute atomic E-state index is 0.0783. The van der Waals surface area contributed by atoms with E-state index in [0.29, 0.717) is 0 Å². The van der Waals surface area contributed by atoms with Crippen LogP contribution in [0.5, 0.6) is 0 Å². The molecule has 0 aromatic heterocycles. The number of halogens is 1. The van der Waals surface area contributed by atoms with Gasteiger partial charge in [-0.25, -0.2) is 9.18 Å². The number of hydrogen-bond donors (Lipinski definition) is 0. The predicted molar refractivity (Wildman–Crippen MR) is 44.8 cm³/mol. The highest BCUT2D eigenvalue weighted by Crippen LogP contribution is 2.08. The van der Waals surface area contributed by atoms with E-state index in [4.69, 9.17) is 4.74 Å². The summed E-state index contributed by atoms with van der Waals surface area (Å²) in [6, 6.07) is 0. The second-order valence-electron chi connectivity index (χ2n) is 3.59. The topological polar surface area (TPSA) is 29.5 Å². The van der Waals surface area contributed by atoms with Gasteiger partial charge in [0.25, 0.3) is 0 Å². The van der Waals surface area contributed by atoms with Crippen LogP contribution in [0.1, 0.15) is 20.8 Å². The SMILES string of the molecule is CN(CCF)C(=O)OC(C)(C)C. The maximum Gasteiger partial charge on any atom is 0.410 e. The fourth-order valence-electron chi connectivity index (χ4n) is 0.558. The normalized spacial score (nSPS) is 11.1. The van der Waals surface area contributed by atoms with Gasteiger partial charge in [-0.1, -0.05) is 0 Å². The van der Waals surface area contributed by atoms with Crippen molar-refractivity contribution in [3.63, 3.8) is 0 Å². The second-order valence-corrected chi connectivity index (χ2v) is 3.59. The minimum atomic E-state index is -0.546. The van der Waals surface area contributed by atoms with E-state index in [-0.39, 0.29) is 6.54 Å². The van der Waals surface area contributed by atoms with Gasteiger partial charge in [0, 0.05) is 7.05 Å². The smallest absolute Gasteiger partial charge is 0.410 e. The molecule has 0 unspecified atom stereocenters. The highest BCUT2D eigenvalue weighted by atomic mass is 19.1. The average molecular weight is 177 g/mol. The molecule has 0 saturated carbocycles. The van der Waals surface area contributed by atoms with Crippen molar-refractivity contribution in [1.29, 1.82) is 0 Å². The Labute approximate surface area is 72.5 Å². The number of carbonyl (C=O) groups excluding carboxylic acids is 1. The standard InChI is InChI=1S/C8H16FNO2/c1-8(2,3)12-7(11)10(4)6-5-9/h5-6H2,1-4H3. The van der Waals surface area contributed by atoms with Crippen molar-refractivity contribution in [2.45, 2.75) is 26.4 Å². The molecule has 0 rings (SSSR count). The third-order valence-electron chi connectivity index (χ3n) is 1.13. The summed E-state index contributed by atoms with van der Waals surface area (Å²) >= 11 is 0. The number of hydrogen-bond acceptors (Lipinski definition) is 2. The molecule has 0 aliphatic rings. The van der Waals surface area contributed by atoms with Gasteiger partial charge in [0.1, 0.15) is 12.3 Å². The zero-order valence-electron chi connectivity index (χ0n) is 8.06. The van der Waals surface area contributed by atoms with Crippen molar-refractivity contribution in [1.82, 2.24) is 4.90 Å². The molecule has 3 nitrogen and oxygen atoms in total. The van der Waals surface area contributed by atoms with Gasteiger partial charge in [-0.15, -0.1) is 0 Å². The molecule has 0 fully saturated rings. The lowest BCUT2D eigenvalue weighted by molar-refractivity contribution is 0.0289. The van der Waals surface area contributed by atoms with Crippen molar-refractivity contribution >= 4 is 6.09 Å². The highest BCUT2D eigenvalue weighted by molar-refractivity contribution is 5.67. The fraction of sp³-hybridized carbons (Fsp3) is 0.875. The lowest BCUT2D eigenvalue weighted by Crippen LogP contribution is -2.35. The van der Waals surface area contributed by atoms with Crippen molar-refractivity contribution in [3.8, 4) is 0 Å². The fourth-order valence-corrected chi connectivity index (χ4v) is 0.558. The average Bonchev–Trinajstić information content (AvgIpc) is 1.84. The molecule has 0 spiro atoms. The van der Waals surface area contributed by atoms with Crippen LogP contribution in [0.4, 0.5) is 9.18 Å². The molecular formula is C8H16FNO2. The Balaban J connectivity index is 3.87. The summed E-state index contributed by atoms with van der Waals surface area (Å²) in [5.74, 6) is 0. The number of rotatable bonds is 2. The summed E-state index contributed by atoms with van der Waals surface area (Å²) in [6.07, 6.45) is -0.486. The lowest BCUT2D eigenvalue weighted by Gasteiger charge is -2.23. The van der Waals surface area contributed by atoms with Gasteiger partial charge in [-0.3, -0.25) is 0 Å². The van der Waals surface area contributed by atoms with E-state index in [1.807, 2.05) is 0 Å². The number of alkyl halides is 1. The van der Waals surface area contributed by atoms with E-state index < -0.39 is 18.4 Å². The summed E-state index contributed by atoms with van der Waals surface area (Å²) in [7, 11) is 1.51. The van der Waals surface area contributed by atoms with Gasteiger partial charge >= 0.3 is 6.09 Å². The first kappa shape index (κ1) is 11.2. The molecule has 1 amide bonds. The molecule has 0 atom stereocenters. The van der Waals surface area contributed by atoms with Crippen LogP contribution in [0.25, 0.3) is 0 Å². The Bertz CT molecular complexity index is 154. The van der Waals surface area contributed by atoms with Crippen LogP contribution in [-0.2, 0) is 4.74 Å². The van der Waals surface area contributed by atoms with E-state index in [2.05, 4.69) is 0 Å². The van der Waals surface area contributed by atoms with Crippen LogP contribution < -0.4 is 0 Å². The highest BCUT2D eigenvalue weighted by Gasteiger charge is 2.18. The third kappa shape index (κ3) is 4.93. The van der Waals surface area contributed by atoms with Crippen molar-refractivity contribution in [2.24, 2.45) is 0 Å². The summed E-state index contributed by atoms with van der Waals surface area (Å²) in [5.41, 5.74) is -0.512. The van der Waals surface area contributed by atoms with Crippen LogP contribution in [0.3, 0.4) is 0 Å². The van der Waals surface area contributed by atoms with E-state index in [0.717, 1.165) is 0 Å². The quantitative estimate of drug-likeness (QED) is 0.644. The molecule has 0 aliphatic carbocycles. The molecule has 0 bridgehead atoms. The van der Waals surface area contributed by atoms with Gasteiger partial charge in [0.2, 0.25) is 0 Å². The zero-order chi connectivity index (χ0) is 9.78. The van der Waals surface area contributed by atoms with Crippen LogP contribution >= 0.6 is 0 Å². The summed E-state index contributed by atoms with van der Waals surface area (Å²) in [4.78, 5) is 12.3. The van der Waals surface area contributed by atoms with Crippen molar-refractivity contribution in [2.75, 3.05) is 20.3 Å². The number of ether oxygens (including phenoxy) is 1. The van der Waals surface area contributed by atoms with E-state index in [1.165, 1.54) is 11.9 Å². The Morgan fingerprint density at radius 3 is 2.33 bits per heavy atom. The Kier molecular flexibility index (Phi) is 4.00. The molecule has 0 N–H and O–H groups in total. The lowest BCUT2D eigenvalue weighted by atomic mass is 10.2. The second kappa shape index (κ2) is 4.28. The first-order chi connectivity index (χ1) is 5.37. The van der Waals surface area contributed by atoms with Gasteiger partial charge in [-0.2, -0.15) is 0 Å². The maximum atomic E-state index is 11.8. The van der Waals surface area contributed by atoms with Crippen molar-refractivity contribution < 1.29 is 13.9 Å². The van der Waals surface area contributed by atoms with Crippen molar-refractivity contribution in [3.05, 3.63) is 0 Å². The number of amides is 1.